The van der Waals surface area contributed by atoms with Gasteiger partial charge in [-0.3, -0.25) is 34.3 Å². The Morgan fingerprint density at radius 2 is 0.767 bits per heavy atom. The van der Waals surface area contributed by atoms with Crippen LogP contribution in [0.2, 0.25) is 0 Å². The Balaban J connectivity index is 0.000000485. The largest absolute Gasteiger partial charge is 0.373 e. The average Bonchev–Trinajstić information content (AvgIpc) is 3.51. The number of morpholine rings is 1. The highest BCUT2D eigenvalue weighted by molar-refractivity contribution is 7.99. The number of aromatic nitrogens is 4. The maximum Gasteiger partial charge on any atom is 0.0950 e. The van der Waals surface area contributed by atoms with E-state index in [0.717, 1.165) is 19.0 Å². The van der Waals surface area contributed by atoms with Crippen molar-refractivity contribution in [2.75, 3.05) is 123 Å². The number of ether oxygens (including phenoxy) is 1. The van der Waals surface area contributed by atoms with Gasteiger partial charge in [0.1, 0.15) is 0 Å². The molecule has 0 aliphatic carbocycles. The minimum absolute atomic E-state index is 0.177. The van der Waals surface area contributed by atoms with Gasteiger partial charge in [0.15, 0.2) is 0 Å². The van der Waals surface area contributed by atoms with Gasteiger partial charge in [-0.2, -0.15) is 11.8 Å². The molecule has 0 aromatic carbocycles. The monoisotopic (exact) mass is 1230 g/mol. The van der Waals surface area contributed by atoms with Gasteiger partial charge >= 0.3 is 0 Å². The van der Waals surface area contributed by atoms with Gasteiger partial charge < -0.3 is 19.2 Å². The summed E-state index contributed by atoms with van der Waals surface area (Å²) in [6.07, 6.45) is 16.9. The van der Waals surface area contributed by atoms with Crippen molar-refractivity contribution in [3.63, 3.8) is 0 Å². The van der Waals surface area contributed by atoms with Gasteiger partial charge in [-0.25, -0.2) is 9.97 Å². The number of H-pyrrole nitrogens is 1. The maximum atomic E-state index is 5.67. The number of hydrogen-bond acceptors (Lipinski definition) is 12. The topological polar surface area (TPSA) is 81.4 Å². The minimum atomic E-state index is 0.177. The van der Waals surface area contributed by atoms with Crippen LogP contribution >= 0.6 is 11.8 Å². The molecule has 7 aliphatic heterocycles. The first-order valence-corrected chi connectivity index (χ1v) is 35.3. The fourth-order valence-electron chi connectivity index (χ4n) is 10.5. The van der Waals surface area contributed by atoms with Crippen LogP contribution in [0.1, 0.15) is 246 Å². The SMILES string of the molecule is CC(C)(C)N1CC1.CC(C)(C)N1CCC1.CC(C)(C)N1CCCC1.CC(C)(C)N1CCSCC1.CC(C)(C)c1cnc[nH]1.CC(C)(C)n1ccnc1.CC1CCN(C(C)(C)C)CC1.CC1CN(C(C)(C)C)CC(C)O1.CN1CCN(C(C)(C)C)CC1. The summed E-state index contributed by atoms with van der Waals surface area (Å²) in [6.45, 7) is 87.5. The lowest BCUT2D eigenvalue weighted by atomic mass is 9.93. The molecule has 7 saturated heterocycles. The van der Waals surface area contributed by atoms with Crippen LogP contribution in [-0.2, 0) is 15.7 Å². The average molecular weight is 1230 g/mol. The number of nitrogens with zero attached hydrogens (tertiary/aromatic N) is 11. The van der Waals surface area contributed by atoms with Crippen molar-refractivity contribution in [2.24, 2.45) is 5.92 Å². The molecule has 2 unspecified atom stereocenters. The summed E-state index contributed by atoms with van der Waals surface area (Å²) < 4.78 is 7.75. The molecule has 0 bridgehead atoms. The van der Waals surface area contributed by atoms with Gasteiger partial charge in [-0.1, -0.05) is 27.7 Å². The molecule has 9 rings (SSSR count). The minimum Gasteiger partial charge on any atom is -0.373 e. The Hall–Kier alpha value is -1.59. The van der Waals surface area contributed by atoms with E-state index in [9.17, 15) is 0 Å². The van der Waals surface area contributed by atoms with Gasteiger partial charge in [0.25, 0.3) is 0 Å². The fraction of sp³-hybridized carbons (Fsp3) is 0.917. The zero-order valence-corrected chi connectivity index (χ0v) is 63.9. The van der Waals surface area contributed by atoms with Crippen molar-refractivity contribution in [1.29, 1.82) is 0 Å². The number of likely N-dealkylation sites (N-methyl/N-ethyl adjacent to an activating group) is 1. The molecule has 0 spiro atoms. The predicted molar refractivity (Wildman–Crippen MR) is 381 cm³/mol. The normalized spacial score (nSPS) is 22.4. The summed E-state index contributed by atoms with van der Waals surface area (Å²) in [7, 11) is 2.19. The predicted octanol–water partition coefficient (Wildman–Crippen LogP) is 15.1. The number of piperidine rings is 1. The van der Waals surface area contributed by atoms with Crippen LogP contribution in [0.4, 0.5) is 0 Å². The van der Waals surface area contributed by atoms with Crippen LogP contribution in [0.5, 0.6) is 0 Å². The van der Waals surface area contributed by atoms with E-state index in [1.54, 1.807) is 12.5 Å². The standard InChI is InChI=1S/C10H21NO.C10H21N.C9H20N2.C8H17NS.C8H17N.2C7H12N2.C7H15N.C6H13N/c1-8-6-11(10(3,4)5)7-9(2)12-8;1-9-5-7-11(8-6-9)10(2,3)4;1-9(2,3)11-7-5-10(4)6-8-11;1-8(2,3)9-4-6-10-7-5-9;1-8(2,3)9-6-4-5-7-9;1-7(2,3)6-4-8-5-9-6;1-7(2,3)9-5-4-8-6-9;1-7(2,3)8-5-4-6-8;1-6(2,3)7-4-5-7/h8-9H,6-7H2,1-5H3;9H,5-8H2,1-4H3;5-8H2,1-4H3;4-7H2,1-3H3;4-7H2,1-3H3;4-5H,1-3H3,(H,8,9);4-6H,1-3H3;4-6H2,1-3H3;4-5H2,1-3H3. The van der Waals surface area contributed by atoms with E-state index in [2.05, 4.69) is 285 Å². The number of aromatic amines is 1. The molecule has 0 saturated carbocycles. The molecular weight excluding hydrogens is 1080 g/mol. The van der Waals surface area contributed by atoms with Crippen LogP contribution in [0.25, 0.3) is 0 Å². The molecule has 0 radical (unpaired) electrons. The number of rotatable bonds is 0. The summed E-state index contributed by atoms with van der Waals surface area (Å²) in [5.41, 5.74) is 4.28. The van der Waals surface area contributed by atoms with Crippen LogP contribution in [0, 0.1) is 5.92 Å². The molecule has 9 heterocycles. The van der Waals surface area contributed by atoms with Gasteiger partial charge in [0.05, 0.1) is 24.9 Å². The summed E-state index contributed by atoms with van der Waals surface area (Å²) in [6, 6.07) is 0. The van der Waals surface area contributed by atoms with Crippen molar-refractivity contribution in [2.45, 2.75) is 302 Å². The second kappa shape index (κ2) is 36.6. The lowest BCUT2D eigenvalue weighted by Gasteiger charge is -2.43. The van der Waals surface area contributed by atoms with E-state index < -0.39 is 0 Å². The summed E-state index contributed by atoms with van der Waals surface area (Å²) in [5, 5.41) is 0. The maximum absolute atomic E-state index is 5.67. The molecule has 7 fully saturated rings. The molecule has 7 aliphatic rings. The van der Waals surface area contributed by atoms with Gasteiger partial charge in [0.2, 0.25) is 0 Å². The third-order valence-electron chi connectivity index (χ3n) is 17.4. The lowest BCUT2D eigenvalue weighted by molar-refractivity contribution is -0.0924. The summed E-state index contributed by atoms with van der Waals surface area (Å²) >= 11 is 2.07. The second-order valence-corrected chi connectivity index (χ2v) is 36.0. The van der Waals surface area contributed by atoms with E-state index in [0.29, 0.717) is 45.4 Å². The van der Waals surface area contributed by atoms with Crippen LogP contribution in [-0.4, -0.2) is 233 Å². The molecule has 86 heavy (non-hydrogen) atoms. The zero-order valence-electron chi connectivity index (χ0n) is 63.1. The highest BCUT2D eigenvalue weighted by Crippen LogP contribution is 2.26. The first-order valence-electron chi connectivity index (χ1n) is 34.2. The van der Waals surface area contributed by atoms with E-state index in [4.69, 9.17) is 4.74 Å². The molecule has 2 atom stereocenters. The molecule has 508 valence electrons. The lowest BCUT2D eigenvalue weighted by Crippen LogP contribution is -2.53. The Bertz CT molecular complexity index is 1880. The van der Waals surface area contributed by atoms with Gasteiger partial charge in [-0.15, -0.1) is 0 Å². The summed E-state index contributed by atoms with van der Waals surface area (Å²) in [4.78, 5) is 31.0. The van der Waals surface area contributed by atoms with Crippen molar-refractivity contribution in [1.82, 2.24) is 58.7 Å². The van der Waals surface area contributed by atoms with Crippen LogP contribution < -0.4 is 0 Å². The van der Waals surface area contributed by atoms with E-state index >= 15 is 0 Å². The molecule has 1 N–H and O–H groups in total. The number of nitrogens with one attached hydrogen (secondary N) is 1. The number of thioether (sulfide) groups is 1. The molecule has 13 nitrogen and oxygen atoms in total. The van der Waals surface area contributed by atoms with E-state index in [1.165, 1.54) is 141 Å². The zero-order chi connectivity index (χ0) is 66.3. The Labute approximate surface area is 540 Å². The molecule has 2 aromatic heterocycles. The Kier molecular flexibility index (Phi) is 35.1. The third-order valence-corrected chi connectivity index (χ3v) is 18.3. The number of hydrogen-bond donors (Lipinski definition) is 1. The third kappa shape index (κ3) is 36.5. The first-order chi connectivity index (χ1) is 39.0. The van der Waals surface area contributed by atoms with Crippen molar-refractivity contribution >= 4 is 11.8 Å². The van der Waals surface area contributed by atoms with Crippen molar-refractivity contribution in [3.05, 3.63) is 36.9 Å². The highest BCUT2D eigenvalue weighted by atomic mass is 32.2. The fourth-order valence-corrected chi connectivity index (χ4v) is 11.4. The highest BCUT2D eigenvalue weighted by Gasteiger charge is 2.32. The first kappa shape index (κ1) is 82.4. The number of imidazole rings is 2. The Morgan fingerprint density at radius 1 is 0.419 bits per heavy atom. The van der Waals surface area contributed by atoms with Gasteiger partial charge in [0, 0.05) is 151 Å². The molecule has 2 aromatic rings. The quantitative estimate of drug-likeness (QED) is 0.255. The molecule has 0 amide bonds. The smallest absolute Gasteiger partial charge is 0.0950 e. The van der Waals surface area contributed by atoms with E-state index in [-0.39, 0.29) is 16.5 Å². The Morgan fingerprint density at radius 3 is 1.01 bits per heavy atom. The van der Waals surface area contributed by atoms with Crippen molar-refractivity contribution < 1.29 is 4.74 Å². The van der Waals surface area contributed by atoms with Crippen molar-refractivity contribution in [3.8, 4) is 0 Å². The summed E-state index contributed by atoms with van der Waals surface area (Å²) in [5.74, 6) is 3.59. The molecular formula is C72H148N12OS. The molecule has 14 heteroatoms. The number of likely N-dealkylation sites (tertiary alicyclic amines) is 3. The van der Waals surface area contributed by atoms with Crippen LogP contribution in [0.15, 0.2) is 31.2 Å². The van der Waals surface area contributed by atoms with Crippen LogP contribution in [0.3, 0.4) is 0 Å². The van der Waals surface area contributed by atoms with Gasteiger partial charge in [-0.05, 0) is 264 Å². The number of piperazine rings is 1. The van der Waals surface area contributed by atoms with E-state index in [1.807, 2.05) is 18.7 Å². The second-order valence-electron chi connectivity index (χ2n) is 34.8.